The monoisotopic (exact) mass is 200 g/mol. The molecule has 0 fully saturated rings. The number of aliphatic imine (C=N–C) groups is 1. The molecule has 14 heavy (non-hydrogen) atoms. The van der Waals surface area contributed by atoms with E-state index in [1.807, 2.05) is 27.7 Å². The fourth-order valence-electron chi connectivity index (χ4n) is 1.60. The predicted molar refractivity (Wildman–Crippen MR) is 58.5 cm³/mol. The molecule has 0 radical (unpaired) electrons. The highest BCUT2D eigenvalue weighted by molar-refractivity contribution is 5.92. The first-order valence-electron chi connectivity index (χ1n) is 4.95. The quantitative estimate of drug-likeness (QED) is 0.398. The lowest BCUT2D eigenvalue weighted by Gasteiger charge is -2.23. The summed E-state index contributed by atoms with van der Waals surface area (Å²) in [6.45, 7) is 7.83. The summed E-state index contributed by atoms with van der Waals surface area (Å²) in [7, 11) is 1.63. The summed E-state index contributed by atoms with van der Waals surface area (Å²) in [6.07, 6.45) is 1.37. The first-order chi connectivity index (χ1) is 6.34. The molecule has 1 atom stereocenters. The maximum absolute atomic E-state index is 10.9. The lowest BCUT2D eigenvalue weighted by molar-refractivity contribution is -0.504. The van der Waals surface area contributed by atoms with Crippen LogP contribution >= 0.6 is 0 Å². The van der Waals surface area contributed by atoms with E-state index in [2.05, 4.69) is 4.99 Å². The van der Waals surface area contributed by atoms with Crippen molar-refractivity contribution in [3.8, 4) is 0 Å². The van der Waals surface area contributed by atoms with Crippen LogP contribution in [0, 0.1) is 15.5 Å². The third kappa shape index (κ3) is 3.44. The topological polar surface area (TPSA) is 55.5 Å². The Kier molecular flexibility index (Phi) is 4.74. The highest BCUT2D eigenvalue weighted by Gasteiger charge is 2.33. The summed E-state index contributed by atoms with van der Waals surface area (Å²) in [5, 5.41) is 10.9. The van der Waals surface area contributed by atoms with Crippen LogP contribution in [0.4, 0.5) is 0 Å². The van der Waals surface area contributed by atoms with Gasteiger partial charge in [0.25, 0.3) is 6.04 Å². The van der Waals surface area contributed by atoms with Crippen LogP contribution in [0.2, 0.25) is 0 Å². The van der Waals surface area contributed by atoms with Crippen molar-refractivity contribution >= 4 is 5.71 Å². The minimum atomic E-state index is -0.620. The Morgan fingerprint density at radius 3 is 2.21 bits per heavy atom. The van der Waals surface area contributed by atoms with Crippen molar-refractivity contribution < 1.29 is 4.92 Å². The third-order valence-corrected chi connectivity index (χ3v) is 2.14. The van der Waals surface area contributed by atoms with Gasteiger partial charge in [-0.15, -0.1) is 0 Å². The van der Waals surface area contributed by atoms with E-state index >= 15 is 0 Å². The maximum atomic E-state index is 10.9. The van der Waals surface area contributed by atoms with Crippen molar-refractivity contribution in [1.82, 2.24) is 0 Å². The molecule has 0 aromatic heterocycles. The number of nitro groups is 1. The molecule has 0 aliphatic rings. The molecule has 0 bridgehead atoms. The van der Waals surface area contributed by atoms with Crippen LogP contribution in [0.5, 0.6) is 0 Å². The zero-order valence-corrected chi connectivity index (χ0v) is 9.70. The lowest BCUT2D eigenvalue weighted by Crippen LogP contribution is -2.38. The molecule has 0 heterocycles. The van der Waals surface area contributed by atoms with E-state index in [-0.39, 0.29) is 10.3 Å². The minimum Gasteiger partial charge on any atom is -0.290 e. The number of hydrogen-bond donors (Lipinski definition) is 0. The van der Waals surface area contributed by atoms with Gasteiger partial charge < -0.3 is 0 Å². The lowest BCUT2D eigenvalue weighted by atomic mass is 9.84. The van der Waals surface area contributed by atoms with Gasteiger partial charge >= 0.3 is 0 Å². The van der Waals surface area contributed by atoms with Crippen molar-refractivity contribution in [3.63, 3.8) is 0 Å². The van der Waals surface area contributed by atoms with Gasteiger partial charge in [0.15, 0.2) is 0 Å². The van der Waals surface area contributed by atoms with Gasteiger partial charge in [0.05, 0.1) is 5.71 Å². The van der Waals surface area contributed by atoms with Crippen molar-refractivity contribution in [2.45, 2.75) is 46.6 Å². The molecule has 0 aromatic rings. The van der Waals surface area contributed by atoms with Crippen LogP contribution in [0.1, 0.15) is 40.5 Å². The zero-order valence-electron chi connectivity index (χ0n) is 9.70. The molecule has 0 aliphatic carbocycles. The fraction of sp³-hybridized carbons (Fsp3) is 0.900. The highest BCUT2D eigenvalue weighted by Crippen LogP contribution is 2.22. The van der Waals surface area contributed by atoms with Gasteiger partial charge in [0.1, 0.15) is 0 Å². The summed E-state index contributed by atoms with van der Waals surface area (Å²) < 4.78 is 0. The SMILES string of the molecule is CCC[C@H](C(=NC)C(C)(C)C)[N+](=O)[O-]. The van der Waals surface area contributed by atoms with Crippen LogP contribution in [0.25, 0.3) is 0 Å². The first kappa shape index (κ1) is 13.1. The van der Waals surface area contributed by atoms with Gasteiger partial charge in [-0.1, -0.05) is 27.7 Å². The largest absolute Gasteiger partial charge is 0.290 e. The maximum Gasteiger partial charge on any atom is 0.250 e. The fourth-order valence-corrected chi connectivity index (χ4v) is 1.60. The van der Waals surface area contributed by atoms with Crippen molar-refractivity contribution in [2.75, 3.05) is 7.05 Å². The van der Waals surface area contributed by atoms with Gasteiger partial charge in [-0.05, 0) is 6.42 Å². The Labute approximate surface area is 85.6 Å². The second kappa shape index (κ2) is 5.08. The molecule has 4 nitrogen and oxygen atoms in total. The van der Waals surface area contributed by atoms with E-state index < -0.39 is 6.04 Å². The van der Waals surface area contributed by atoms with Gasteiger partial charge in [0.2, 0.25) is 0 Å². The molecular weight excluding hydrogens is 180 g/mol. The zero-order chi connectivity index (χ0) is 11.4. The third-order valence-electron chi connectivity index (χ3n) is 2.14. The molecule has 0 saturated carbocycles. The standard InChI is InChI=1S/C10H20N2O2/c1-6-7-8(12(13)14)9(11-5)10(2,3)4/h8H,6-7H2,1-5H3/t8-/m1/s1. The van der Waals surface area contributed by atoms with Crippen molar-refractivity contribution in [3.05, 3.63) is 10.1 Å². The molecule has 0 spiro atoms. The Morgan fingerprint density at radius 2 is 2.00 bits per heavy atom. The Bertz CT molecular complexity index is 229. The highest BCUT2D eigenvalue weighted by atomic mass is 16.6. The van der Waals surface area contributed by atoms with E-state index in [0.29, 0.717) is 12.1 Å². The molecule has 0 amide bonds. The molecule has 0 aliphatic heterocycles. The summed E-state index contributed by atoms with van der Waals surface area (Å²) >= 11 is 0. The van der Waals surface area contributed by atoms with Gasteiger partial charge in [-0.2, -0.15) is 0 Å². The molecular formula is C10H20N2O2. The molecule has 0 aromatic carbocycles. The molecule has 0 N–H and O–H groups in total. The second-order valence-electron chi connectivity index (χ2n) is 4.45. The Hall–Kier alpha value is -0.930. The average Bonchev–Trinajstić information content (AvgIpc) is 2.01. The van der Waals surface area contributed by atoms with E-state index in [0.717, 1.165) is 6.42 Å². The minimum absolute atomic E-state index is 0.221. The summed E-state index contributed by atoms with van der Waals surface area (Å²) in [5.41, 5.74) is 0.464. The van der Waals surface area contributed by atoms with Crippen LogP contribution in [0.15, 0.2) is 4.99 Å². The Morgan fingerprint density at radius 1 is 1.50 bits per heavy atom. The number of rotatable bonds is 4. The smallest absolute Gasteiger partial charge is 0.250 e. The van der Waals surface area contributed by atoms with Gasteiger partial charge in [0, 0.05) is 23.8 Å². The summed E-state index contributed by atoms with van der Waals surface area (Å²) in [6, 6.07) is -0.620. The van der Waals surface area contributed by atoms with Crippen LogP contribution in [0.3, 0.4) is 0 Å². The predicted octanol–water partition coefficient (Wildman–Crippen LogP) is 2.55. The summed E-state index contributed by atoms with van der Waals surface area (Å²) in [4.78, 5) is 14.7. The van der Waals surface area contributed by atoms with Gasteiger partial charge in [-0.3, -0.25) is 15.1 Å². The molecule has 0 rings (SSSR count). The second-order valence-corrected chi connectivity index (χ2v) is 4.45. The van der Waals surface area contributed by atoms with E-state index in [9.17, 15) is 10.1 Å². The normalized spacial score (nSPS) is 15.4. The van der Waals surface area contributed by atoms with E-state index in [1.54, 1.807) is 7.05 Å². The average molecular weight is 200 g/mol. The van der Waals surface area contributed by atoms with Crippen LogP contribution in [-0.4, -0.2) is 23.7 Å². The van der Waals surface area contributed by atoms with Crippen LogP contribution in [-0.2, 0) is 0 Å². The van der Waals surface area contributed by atoms with Gasteiger partial charge in [-0.25, -0.2) is 0 Å². The van der Waals surface area contributed by atoms with E-state index in [4.69, 9.17) is 0 Å². The number of hydrogen-bond acceptors (Lipinski definition) is 3. The molecule has 82 valence electrons. The summed E-state index contributed by atoms with van der Waals surface area (Å²) in [5.74, 6) is 0. The first-order valence-corrected chi connectivity index (χ1v) is 4.95. The molecule has 0 unspecified atom stereocenters. The van der Waals surface area contributed by atoms with E-state index in [1.165, 1.54) is 0 Å². The number of nitrogens with zero attached hydrogens (tertiary/aromatic N) is 2. The van der Waals surface area contributed by atoms with Crippen molar-refractivity contribution in [1.29, 1.82) is 0 Å². The van der Waals surface area contributed by atoms with Crippen LogP contribution < -0.4 is 0 Å². The Balaban J connectivity index is 4.88. The molecule has 0 saturated heterocycles. The van der Waals surface area contributed by atoms with Crippen molar-refractivity contribution in [2.24, 2.45) is 10.4 Å². The molecule has 4 heteroatoms.